The summed E-state index contributed by atoms with van der Waals surface area (Å²) in [5.41, 5.74) is 8.11. The zero-order valence-electron chi connectivity index (χ0n) is 7.78. The van der Waals surface area contributed by atoms with E-state index in [1.807, 2.05) is 32.0 Å². The molecule has 1 aliphatic heterocycles. The van der Waals surface area contributed by atoms with E-state index in [0.717, 1.165) is 16.0 Å². The van der Waals surface area contributed by atoms with Crippen LogP contribution >= 0.6 is 0 Å². The van der Waals surface area contributed by atoms with E-state index in [9.17, 15) is 4.21 Å². The molecule has 0 bridgehead atoms. The zero-order valence-corrected chi connectivity index (χ0v) is 8.60. The van der Waals surface area contributed by atoms with Gasteiger partial charge >= 0.3 is 0 Å². The summed E-state index contributed by atoms with van der Waals surface area (Å²) in [6.45, 7) is 3.93. The summed E-state index contributed by atoms with van der Waals surface area (Å²) >= 11 is 0. The number of hydrogen-bond donors (Lipinski definition) is 1. The van der Waals surface area contributed by atoms with Crippen molar-refractivity contribution in [3.8, 4) is 0 Å². The molecule has 2 rings (SSSR count). The summed E-state index contributed by atoms with van der Waals surface area (Å²) in [7, 11) is -0.909. The molecular weight excluding hydrogens is 182 g/mol. The Labute approximate surface area is 80.6 Å². The van der Waals surface area contributed by atoms with Crippen LogP contribution in [0, 0.1) is 6.92 Å². The van der Waals surface area contributed by atoms with Crippen LogP contribution in [0.4, 0.5) is 0 Å². The van der Waals surface area contributed by atoms with E-state index in [0.29, 0.717) is 0 Å². The molecule has 0 amide bonds. The average molecular weight is 195 g/mol. The van der Waals surface area contributed by atoms with E-state index in [1.54, 1.807) is 0 Å². The molecule has 3 unspecified atom stereocenters. The summed E-state index contributed by atoms with van der Waals surface area (Å²) in [5.74, 6) is 0. The van der Waals surface area contributed by atoms with Gasteiger partial charge in [-0.25, -0.2) is 0 Å². The van der Waals surface area contributed by atoms with Crippen LogP contribution in [0.1, 0.15) is 24.1 Å². The van der Waals surface area contributed by atoms with Gasteiger partial charge in [0.1, 0.15) is 0 Å². The number of hydrogen-bond acceptors (Lipinski definition) is 2. The molecule has 1 aromatic rings. The lowest BCUT2D eigenvalue weighted by Gasteiger charge is -2.07. The fraction of sp³-hybridized carbons (Fsp3) is 0.400. The van der Waals surface area contributed by atoms with Gasteiger partial charge in [-0.1, -0.05) is 18.2 Å². The molecule has 3 atom stereocenters. The fourth-order valence-electron chi connectivity index (χ4n) is 1.78. The Morgan fingerprint density at radius 3 is 2.77 bits per heavy atom. The number of rotatable bonds is 0. The van der Waals surface area contributed by atoms with Crippen LogP contribution in [0.2, 0.25) is 0 Å². The molecule has 0 aliphatic carbocycles. The monoisotopic (exact) mass is 195 g/mol. The normalized spacial score (nSPS) is 31.8. The zero-order chi connectivity index (χ0) is 9.59. The number of nitrogens with two attached hydrogens (primary N) is 1. The standard InChI is InChI=1S/C10H13NOS/c1-6-4-3-5-8-9(11)7(2)13(12)10(6)8/h3-5,7,9H,11H2,1-2H3. The number of aryl methyl sites for hydroxylation is 1. The van der Waals surface area contributed by atoms with Gasteiger partial charge in [0, 0.05) is 10.9 Å². The summed E-state index contributed by atoms with van der Waals surface area (Å²) in [4.78, 5) is 0.961. The predicted octanol–water partition coefficient (Wildman–Crippen LogP) is 1.50. The molecule has 0 saturated heterocycles. The molecule has 70 valence electrons. The minimum atomic E-state index is -0.909. The molecule has 0 radical (unpaired) electrons. The van der Waals surface area contributed by atoms with E-state index < -0.39 is 10.8 Å². The Kier molecular flexibility index (Phi) is 2.00. The second-order valence-electron chi connectivity index (χ2n) is 3.52. The van der Waals surface area contributed by atoms with Gasteiger partial charge in [-0.15, -0.1) is 0 Å². The SMILES string of the molecule is Cc1cccc2c1S(=O)C(C)C2N. The maximum atomic E-state index is 11.9. The van der Waals surface area contributed by atoms with Gasteiger partial charge in [0.25, 0.3) is 0 Å². The maximum absolute atomic E-state index is 11.9. The van der Waals surface area contributed by atoms with Crippen molar-refractivity contribution in [1.29, 1.82) is 0 Å². The quantitative estimate of drug-likeness (QED) is 0.682. The van der Waals surface area contributed by atoms with Crippen molar-refractivity contribution in [1.82, 2.24) is 0 Å². The lowest BCUT2D eigenvalue weighted by Crippen LogP contribution is -2.19. The summed E-state index contributed by atoms with van der Waals surface area (Å²) in [6.07, 6.45) is 0. The van der Waals surface area contributed by atoms with E-state index >= 15 is 0 Å². The van der Waals surface area contributed by atoms with Gasteiger partial charge in [-0.3, -0.25) is 4.21 Å². The molecule has 1 aliphatic rings. The third-order valence-electron chi connectivity index (χ3n) is 2.65. The highest BCUT2D eigenvalue weighted by Gasteiger charge is 2.33. The lowest BCUT2D eigenvalue weighted by molar-refractivity contribution is 0.662. The van der Waals surface area contributed by atoms with E-state index in [-0.39, 0.29) is 11.3 Å². The van der Waals surface area contributed by atoms with Crippen LogP contribution in [0.25, 0.3) is 0 Å². The highest BCUT2D eigenvalue weighted by molar-refractivity contribution is 7.86. The molecular formula is C10H13NOS. The van der Waals surface area contributed by atoms with Crippen molar-refractivity contribution in [2.75, 3.05) is 0 Å². The molecule has 0 spiro atoms. The first-order chi connectivity index (χ1) is 6.13. The Morgan fingerprint density at radius 1 is 1.46 bits per heavy atom. The molecule has 2 nitrogen and oxygen atoms in total. The van der Waals surface area contributed by atoms with Gasteiger partial charge in [0.2, 0.25) is 0 Å². The molecule has 13 heavy (non-hydrogen) atoms. The minimum absolute atomic E-state index is 0.0519. The van der Waals surface area contributed by atoms with Gasteiger partial charge in [-0.05, 0) is 25.0 Å². The van der Waals surface area contributed by atoms with E-state index in [2.05, 4.69) is 0 Å². The van der Waals surface area contributed by atoms with Gasteiger partial charge in [-0.2, -0.15) is 0 Å². The third-order valence-corrected chi connectivity index (χ3v) is 4.57. The number of fused-ring (bicyclic) bond motifs is 1. The summed E-state index contributed by atoms with van der Waals surface area (Å²) in [5, 5.41) is 0.0519. The lowest BCUT2D eigenvalue weighted by atomic mass is 10.0. The van der Waals surface area contributed by atoms with E-state index in [4.69, 9.17) is 5.73 Å². The molecule has 3 heteroatoms. The smallest absolute Gasteiger partial charge is 0.0583 e. The van der Waals surface area contributed by atoms with Crippen molar-refractivity contribution in [2.24, 2.45) is 5.73 Å². The average Bonchev–Trinajstić information content (AvgIpc) is 2.33. The summed E-state index contributed by atoms with van der Waals surface area (Å²) in [6, 6.07) is 5.88. The number of benzene rings is 1. The largest absolute Gasteiger partial charge is 0.323 e. The Hall–Kier alpha value is -0.670. The molecule has 0 saturated carbocycles. The van der Waals surface area contributed by atoms with Gasteiger partial charge in [0.15, 0.2) is 0 Å². The van der Waals surface area contributed by atoms with Crippen molar-refractivity contribution in [2.45, 2.75) is 30.0 Å². The third kappa shape index (κ3) is 1.15. The van der Waals surface area contributed by atoms with Gasteiger partial charge in [0.05, 0.1) is 16.0 Å². The Bertz CT molecular complexity index is 375. The first-order valence-corrected chi connectivity index (χ1v) is 5.60. The van der Waals surface area contributed by atoms with Crippen LogP contribution in [-0.2, 0) is 10.8 Å². The van der Waals surface area contributed by atoms with E-state index in [1.165, 1.54) is 0 Å². The van der Waals surface area contributed by atoms with Crippen LogP contribution in [0.15, 0.2) is 23.1 Å². The maximum Gasteiger partial charge on any atom is 0.0583 e. The van der Waals surface area contributed by atoms with Crippen LogP contribution in [0.5, 0.6) is 0 Å². The van der Waals surface area contributed by atoms with Crippen molar-refractivity contribution in [3.63, 3.8) is 0 Å². The van der Waals surface area contributed by atoms with Crippen molar-refractivity contribution in [3.05, 3.63) is 29.3 Å². The fourth-order valence-corrected chi connectivity index (χ4v) is 3.39. The summed E-state index contributed by atoms with van der Waals surface area (Å²) < 4.78 is 11.9. The van der Waals surface area contributed by atoms with Gasteiger partial charge < -0.3 is 5.73 Å². The molecule has 0 fully saturated rings. The highest BCUT2D eigenvalue weighted by Crippen LogP contribution is 2.36. The highest BCUT2D eigenvalue weighted by atomic mass is 32.2. The molecule has 1 heterocycles. The first-order valence-electron chi connectivity index (χ1n) is 4.38. The van der Waals surface area contributed by atoms with Crippen LogP contribution < -0.4 is 5.73 Å². The Balaban J connectivity index is 2.66. The minimum Gasteiger partial charge on any atom is -0.323 e. The molecule has 1 aromatic carbocycles. The topological polar surface area (TPSA) is 43.1 Å². The van der Waals surface area contributed by atoms with Crippen LogP contribution in [0.3, 0.4) is 0 Å². The van der Waals surface area contributed by atoms with Crippen molar-refractivity contribution >= 4 is 10.8 Å². The van der Waals surface area contributed by atoms with Crippen molar-refractivity contribution < 1.29 is 4.21 Å². The first kappa shape index (κ1) is 8.91. The Morgan fingerprint density at radius 2 is 2.15 bits per heavy atom. The van der Waals surface area contributed by atoms with Crippen LogP contribution in [-0.4, -0.2) is 9.46 Å². The molecule has 2 N–H and O–H groups in total. The predicted molar refractivity (Wildman–Crippen MR) is 54.0 cm³/mol. The molecule has 0 aromatic heterocycles. The second kappa shape index (κ2) is 2.93. The second-order valence-corrected chi connectivity index (χ2v) is 5.27.